The first-order chi connectivity index (χ1) is 13.5. The van der Waals surface area contributed by atoms with Crippen LogP contribution in [-0.4, -0.2) is 42.2 Å². The van der Waals surface area contributed by atoms with Crippen molar-refractivity contribution in [1.29, 1.82) is 0 Å². The van der Waals surface area contributed by atoms with Crippen LogP contribution in [-0.2, 0) is 4.79 Å². The van der Waals surface area contributed by atoms with Gasteiger partial charge in [-0.2, -0.15) is 0 Å². The first-order valence-electron chi connectivity index (χ1n) is 8.72. The number of amides is 3. The number of carbonyl (C=O) groups excluding carboxylic acids is 3. The van der Waals surface area contributed by atoms with Crippen molar-refractivity contribution >= 4 is 34.9 Å². The zero-order chi connectivity index (χ0) is 20.1. The number of benzene rings is 2. The van der Waals surface area contributed by atoms with Crippen LogP contribution >= 0.6 is 11.8 Å². The molecule has 0 radical (unpaired) electrons. The molecule has 1 heterocycles. The van der Waals surface area contributed by atoms with Crippen LogP contribution in [0.2, 0.25) is 0 Å². The minimum Gasteiger partial charge on any atom is -0.497 e. The van der Waals surface area contributed by atoms with Gasteiger partial charge in [-0.05, 0) is 54.6 Å². The third-order valence-electron chi connectivity index (χ3n) is 4.22. The van der Waals surface area contributed by atoms with Gasteiger partial charge in [0.15, 0.2) is 0 Å². The molecule has 2 aromatic rings. The lowest BCUT2D eigenvalue weighted by Gasteiger charge is -2.13. The summed E-state index contributed by atoms with van der Waals surface area (Å²) >= 11 is 0.912. The van der Waals surface area contributed by atoms with Gasteiger partial charge in [-0.15, -0.1) is 0 Å². The van der Waals surface area contributed by atoms with Crippen molar-refractivity contribution in [2.45, 2.75) is 6.92 Å². The molecular formula is C21H20N2O4S. The number of nitrogens with zero attached hydrogens (tertiary/aromatic N) is 1. The third kappa shape index (κ3) is 4.61. The monoisotopic (exact) mass is 396 g/mol. The van der Waals surface area contributed by atoms with E-state index < -0.39 is 0 Å². The summed E-state index contributed by atoms with van der Waals surface area (Å²) in [7, 11) is 1.55. The lowest BCUT2D eigenvalue weighted by molar-refractivity contribution is -0.122. The number of rotatable bonds is 6. The largest absolute Gasteiger partial charge is 0.497 e. The van der Waals surface area contributed by atoms with E-state index in [1.165, 1.54) is 0 Å². The second-order valence-corrected chi connectivity index (χ2v) is 7.22. The van der Waals surface area contributed by atoms with E-state index in [1.807, 2.05) is 31.2 Å². The molecule has 1 aliphatic rings. The van der Waals surface area contributed by atoms with Crippen LogP contribution < -0.4 is 10.1 Å². The first kappa shape index (κ1) is 19.7. The Morgan fingerprint density at radius 1 is 1.11 bits per heavy atom. The fraction of sp³-hybridized carbons (Fsp3) is 0.190. The number of aryl methyl sites for hydroxylation is 1. The number of methoxy groups -OCH3 is 1. The van der Waals surface area contributed by atoms with Crippen molar-refractivity contribution in [2.24, 2.45) is 0 Å². The Balaban J connectivity index is 1.57. The van der Waals surface area contributed by atoms with Gasteiger partial charge in [0.1, 0.15) is 5.75 Å². The van der Waals surface area contributed by atoms with Crippen molar-refractivity contribution in [1.82, 2.24) is 10.2 Å². The van der Waals surface area contributed by atoms with Crippen molar-refractivity contribution in [3.63, 3.8) is 0 Å². The Morgan fingerprint density at radius 2 is 1.79 bits per heavy atom. The normalized spacial score (nSPS) is 15.2. The molecule has 3 rings (SSSR count). The molecule has 3 amide bonds. The van der Waals surface area contributed by atoms with Crippen LogP contribution in [0.15, 0.2) is 53.4 Å². The van der Waals surface area contributed by atoms with E-state index in [9.17, 15) is 14.4 Å². The highest BCUT2D eigenvalue weighted by molar-refractivity contribution is 8.18. The van der Waals surface area contributed by atoms with E-state index in [0.29, 0.717) is 16.2 Å². The molecular weight excluding hydrogens is 376 g/mol. The Hall–Kier alpha value is -3.06. The van der Waals surface area contributed by atoms with E-state index in [4.69, 9.17) is 4.74 Å². The standard InChI is InChI=1S/C21H20N2O4S/c1-14-3-5-15(6-4-14)13-18-20(25)23(21(26)28-18)12-11-22-19(24)16-7-9-17(27-2)10-8-16/h3-10,13H,11-12H2,1-2H3,(H,22,24). The molecule has 1 aliphatic heterocycles. The average Bonchev–Trinajstić information content (AvgIpc) is 2.97. The SMILES string of the molecule is COc1ccc(C(=O)NCCN2C(=O)SC(=Cc3ccc(C)cc3)C2=O)cc1. The minimum absolute atomic E-state index is 0.123. The smallest absolute Gasteiger partial charge is 0.293 e. The second-order valence-electron chi connectivity index (χ2n) is 6.23. The van der Waals surface area contributed by atoms with E-state index >= 15 is 0 Å². The highest BCUT2D eigenvalue weighted by Crippen LogP contribution is 2.31. The highest BCUT2D eigenvalue weighted by atomic mass is 32.2. The van der Waals surface area contributed by atoms with Gasteiger partial charge in [0, 0.05) is 18.7 Å². The van der Waals surface area contributed by atoms with Gasteiger partial charge < -0.3 is 10.1 Å². The second kappa shape index (κ2) is 8.75. The summed E-state index contributed by atoms with van der Waals surface area (Å²) in [5, 5.41) is 2.39. The topological polar surface area (TPSA) is 75.7 Å². The molecule has 0 bridgehead atoms. The fourth-order valence-corrected chi connectivity index (χ4v) is 3.50. The predicted molar refractivity (Wildman–Crippen MR) is 109 cm³/mol. The van der Waals surface area contributed by atoms with Crippen molar-refractivity contribution in [3.05, 3.63) is 70.1 Å². The van der Waals surface area contributed by atoms with Crippen LogP contribution in [0.4, 0.5) is 4.79 Å². The molecule has 7 heteroatoms. The van der Waals surface area contributed by atoms with Gasteiger partial charge in [0.2, 0.25) is 0 Å². The Bertz CT molecular complexity index is 920. The van der Waals surface area contributed by atoms with Crippen LogP contribution in [0.25, 0.3) is 6.08 Å². The molecule has 0 spiro atoms. The maximum atomic E-state index is 12.5. The molecule has 1 saturated heterocycles. The van der Waals surface area contributed by atoms with Crippen LogP contribution in [0.5, 0.6) is 5.75 Å². The van der Waals surface area contributed by atoms with Crippen molar-refractivity contribution in [2.75, 3.05) is 20.2 Å². The number of nitrogens with one attached hydrogen (secondary N) is 1. The number of ether oxygens (including phenoxy) is 1. The fourth-order valence-electron chi connectivity index (χ4n) is 2.63. The summed E-state index contributed by atoms with van der Waals surface area (Å²) in [5.41, 5.74) is 2.47. The lowest BCUT2D eigenvalue weighted by atomic mass is 10.1. The van der Waals surface area contributed by atoms with E-state index in [-0.39, 0.29) is 30.1 Å². The molecule has 0 aromatic heterocycles. The Morgan fingerprint density at radius 3 is 2.43 bits per heavy atom. The van der Waals surface area contributed by atoms with Crippen LogP contribution in [0, 0.1) is 6.92 Å². The molecule has 0 saturated carbocycles. The first-order valence-corrected chi connectivity index (χ1v) is 9.54. The van der Waals surface area contributed by atoms with Gasteiger partial charge in [-0.25, -0.2) is 0 Å². The maximum Gasteiger partial charge on any atom is 0.293 e. The molecule has 28 heavy (non-hydrogen) atoms. The van der Waals surface area contributed by atoms with Gasteiger partial charge >= 0.3 is 0 Å². The molecule has 1 N–H and O–H groups in total. The zero-order valence-electron chi connectivity index (χ0n) is 15.6. The van der Waals surface area contributed by atoms with Crippen molar-refractivity contribution < 1.29 is 19.1 Å². The zero-order valence-corrected chi connectivity index (χ0v) is 16.4. The molecule has 144 valence electrons. The summed E-state index contributed by atoms with van der Waals surface area (Å²) in [6.45, 7) is 2.29. The summed E-state index contributed by atoms with van der Waals surface area (Å²) in [6, 6.07) is 14.4. The molecule has 6 nitrogen and oxygen atoms in total. The maximum absolute atomic E-state index is 12.5. The molecule has 0 atom stereocenters. The lowest BCUT2D eigenvalue weighted by Crippen LogP contribution is -2.37. The van der Waals surface area contributed by atoms with Crippen molar-refractivity contribution in [3.8, 4) is 5.75 Å². The Kier molecular flexibility index (Phi) is 6.16. The van der Waals surface area contributed by atoms with Gasteiger partial charge in [-0.1, -0.05) is 29.8 Å². The summed E-state index contributed by atoms with van der Waals surface area (Å²) in [4.78, 5) is 38.3. The van der Waals surface area contributed by atoms with E-state index in [1.54, 1.807) is 37.5 Å². The van der Waals surface area contributed by atoms with Gasteiger partial charge in [0.25, 0.3) is 17.1 Å². The number of hydrogen-bond acceptors (Lipinski definition) is 5. The third-order valence-corrected chi connectivity index (χ3v) is 5.13. The molecule has 2 aromatic carbocycles. The quantitative estimate of drug-likeness (QED) is 0.757. The molecule has 0 aliphatic carbocycles. The number of carbonyl (C=O) groups is 3. The highest BCUT2D eigenvalue weighted by Gasteiger charge is 2.34. The number of thioether (sulfide) groups is 1. The summed E-state index contributed by atoms with van der Waals surface area (Å²) in [6.07, 6.45) is 1.71. The molecule has 0 unspecified atom stereocenters. The van der Waals surface area contributed by atoms with Gasteiger partial charge in [0.05, 0.1) is 12.0 Å². The van der Waals surface area contributed by atoms with Crippen LogP contribution in [0.1, 0.15) is 21.5 Å². The number of imide groups is 1. The van der Waals surface area contributed by atoms with E-state index in [2.05, 4.69) is 5.32 Å². The van der Waals surface area contributed by atoms with E-state index in [0.717, 1.165) is 27.8 Å². The summed E-state index contributed by atoms with van der Waals surface area (Å²) in [5.74, 6) is 0.0498. The van der Waals surface area contributed by atoms with Crippen LogP contribution in [0.3, 0.4) is 0 Å². The molecule has 1 fully saturated rings. The predicted octanol–water partition coefficient (Wildman–Crippen LogP) is 3.47. The number of hydrogen-bond donors (Lipinski definition) is 1. The Labute approximate surface area is 167 Å². The average molecular weight is 396 g/mol. The van der Waals surface area contributed by atoms with Gasteiger partial charge in [-0.3, -0.25) is 19.3 Å². The summed E-state index contributed by atoms with van der Waals surface area (Å²) < 4.78 is 5.06. The minimum atomic E-state index is -0.339.